The van der Waals surface area contributed by atoms with Crippen molar-refractivity contribution in [2.45, 2.75) is 20.3 Å². The van der Waals surface area contributed by atoms with Gasteiger partial charge in [-0.1, -0.05) is 6.92 Å². The molecule has 0 aliphatic carbocycles. The minimum Gasteiger partial charge on any atom is -0.370 e. The van der Waals surface area contributed by atoms with Crippen molar-refractivity contribution < 1.29 is 0 Å². The first-order valence-electron chi connectivity index (χ1n) is 6.84. The van der Waals surface area contributed by atoms with E-state index in [0.717, 1.165) is 37.2 Å². The van der Waals surface area contributed by atoms with Gasteiger partial charge in [0.1, 0.15) is 18.0 Å². The second-order valence-electron chi connectivity index (χ2n) is 4.75. The fourth-order valence-corrected chi connectivity index (χ4v) is 2.35. The molecule has 1 saturated heterocycles. The van der Waals surface area contributed by atoms with E-state index in [2.05, 4.69) is 39.3 Å². The first-order chi connectivity index (χ1) is 8.81. The van der Waals surface area contributed by atoms with Gasteiger partial charge in [-0.3, -0.25) is 0 Å². The number of likely N-dealkylation sites (tertiary alicyclic amines) is 1. The highest BCUT2D eigenvalue weighted by atomic mass is 15.1. The largest absolute Gasteiger partial charge is 0.370 e. The molecule has 0 amide bonds. The summed E-state index contributed by atoms with van der Waals surface area (Å²) >= 11 is 0. The summed E-state index contributed by atoms with van der Waals surface area (Å²) in [6, 6.07) is 1.97. The standard InChI is InChI=1S/C13H23N5/c1-3-14-12-7-13(17-10-16-12)15-8-11-5-6-18(4-2)9-11/h7,10-11H,3-6,8-9H2,1-2H3,(H2,14,15,16,17). The van der Waals surface area contributed by atoms with Gasteiger partial charge in [0.15, 0.2) is 0 Å². The summed E-state index contributed by atoms with van der Waals surface area (Å²) in [4.78, 5) is 10.9. The van der Waals surface area contributed by atoms with Crippen molar-refractivity contribution in [1.29, 1.82) is 0 Å². The minimum absolute atomic E-state index is 0.738. The fourth-order valence-electron chi connectivity index (χ4n) is 2.35. The van der Waals surface area contributed by atoms with Crippen molar-refractivity contribution in [2.24, 2.45) is 5.92 Å². The summed E-state index contributed by atoms with van der Waals surface area (Å²) in [6.45, 7) is 9.76. The first kappa shape index (κ1) is 13.1. The van der Waals surface area contributed by atoms with Crippen LogP contribution in [0.15, 0.2) is 12.4 Å². The molecule has 1 aliphatic rings. The van der Waals surface area contributed by atoms with Crippen LogP contribution in [0.1, 0.15) is 20.3 Å². The number of hydrogen-bond acceptors (Lipinski definition) is 5. The van der Waals surface area contributed by atoms with Crippen LogP contribution < -0.4 is 10.6 Å². The van der Waals surface area contributed by atoms with E-state index in [9.17, 15) is 0 Å². The number of hydrogen-bond donors (Lipinski definition) is 2. The highest BCUT2D eigenvalue weighted by Gasteiger charge is 2.20. The molecule has 100 valence electrons. The molecule has 1 aromatic rings. The van der Waals surface area contributed by atoms with Crippen molar-refractivity contribution >= 4 is 11.6 Å². The van der Waals surface area contributed by atoms with E-state index in [-0.39, 0.29) is 0 Å². The van der Waals surface area contributed by atoms with E-state index < -0.39 is 0 Å². The Hall–Kier alpha value is -1.36. The Balaban J connectivity index is 1.81. The van der Waals surface area contributed by atoms with Crippen molar-refractivity contribution in [3.63, 3.8) is 0 Å². The van der Waals surface area contributed by atoms with Gasteiger partial charge in [0.25, 0.3) is 0 Å². The third kappa shape index (κ3) is 3.57. The minimum atomic E-state index is 0.738. The summed E-state index contributed by atoms with van der Waals surface area (Å²) in [6.07, 6.45) is 2.89. The van der Waals surface area contributed by atoms with Crippen LogP contribution in [0.4, 0.5) is 11.6 Å². The Bertz CT molecular complexity index is 368. The van der Waals surface area contributed by atoms with Gasteiger partial charge in [0.2, 0.25) is 0 Å². The Morgan fingerprint density at radius 2 is 2.06 bits per heavy atom. The van der Waals surface area contributed by atoms with Gasteiger partial charge < -0.3 is 15.5 Å². The van der Waals surface area contributed by atoms with Gasteiger partial charge >= 0.3 is 0 Å². The molecule has 18 heavy (non-hydrogen) atoms. The molecule has 0 saturated carbocycles. The zero-order chi connectivity index (χ0) is 12.8. The topological polar surface area (TPSA) is 53.1 Å². The van der Waals surface area contributed by atoms with E-state index in [0.29, 0.717) is 0 Å². The lowest BCUT2D eigenvalue weighted by atomic mass is 10.1. The molecule has 1 aliphatic heterocycles. The molecule has 5 nitrogen and oxygen atoms in total. The van der Waals surface area contributed by atoms with Crippen molar-refractivity contribution in [3.05, 3.63) is 12.4 Å². The SMILES string of the molecule is CCNc1cc(NCC2CCN(CC)C2)ncn1. The number of rotatable bonds is 6. The summed E-state index contributed by atoms with van der Waals surface area (Å²) < 4.78 is 0. The number of nitrogens with one attached hydrogen (secondary N) is 2. The van der Waals surface area contributed by atoms with Crippen molar-refractivity contribution in [3.8, 4) is 0 Å². The molecule has 2 rings (SSSR count). The van der Waals surface area contributed by atoms with Gasteiger partial charge in [-0.15, -0.1) is 0 Å². The molecule has 2 heterocycles. The summed E-state index contributed by atoms with van der Waals surface area (Å²) in [5.41, 5.74) is 0. The Kier molecular flexibility index (Phi) is 4.75. The predicted molar refractivity (Wildman–Crippen MR) is 74.9 cm³/mol. The highest BCUT2D eigenvalue weighted by molar-refractivity contribution is 5.46. The molecule has 1 atom stereocenters. The first-order valence-corrected chi connectivity index (χ1v) is 6.84. The van der Waals surface area contributed by atoms with E-state index >= 15 is 0 Å². The van der Waals surface area contributed by atoms with E-state index in [4.69, 9.17) is 0 Å². The second-order valence-corrected chi connectivity index (χ2v) is 4.75. The van der Waals surface area contributed by atoms with E-state index in [1.54, 1.807) is 6.33 Å². The predicted octanol–water partition coefficient (Wildman–Crippen LogP) is 1.66. The molecule has 0 bridgehead atoms. The highest BCUT2D eigenvalue weighted by Crippen LogP contribution is 2.16. The lowest BCUT2D eigenvalue weighted by Gasteiger charge is -2.14. The summed E-state index contributed by atoms with van der Waals surface area (Å²) in [5.74, 6) is 2.54. The lowest BCUT2D eigenvalue weighted by Crippen LogP contribution is -2.22. The average molecular weight is 249 g/mol. The number of nitrogens with zero attached hydrogens (tertiary/aromatic N) is 3. The Morgan fingerprint density at radius 3 is 2.72 bits per heavy atom. The summed E-state index contributed by atoms with van der Waals surface area (Å²) in [7, 11) is 0. The zero-order valence-electron chi connectivity index (χ0n) is 11.3. The van der Waals surface area contributed by atoms with Crippen LogP contribution in [-0.4, -0.2) is 47.6 Å². The molecule has 2 N–H and O–H groups in total. The van der Waals surface area contributed by atoms with Gasteiger partial charge in [-0.2, -0.15) is 0 Å². The van der Waals surface area contributed by atoms with Crippen LogP contribution in [0.25, 0.3) is 0 Å². The molecule has 0 aromatic carbocycles. The van der Waals surface area contributed by atoms with Gasteiger partial charge in [-0.05, 0) is 32.4 Å². The van der Waals surface area contributed by atoms with Crippen molar-refractivity contribution in [2.75, 3.05) is 43.4 Å². The third-order valence-corrected chi connectivity index (χ3v) is 3.41. The zero-order valence-corrected chi connectivity index (χ0v) is 11.3. The fraction of sp³-hybridized carbons (Fsp3) is 0.692. The molecular formula is C13H23N5. The molecule has 1 aromatic heterocycles. The third-order valence-electron chi connectivity index (χ3n) is 3.41. The van der Waals surface area contributed by atoms with Crippen LogP contribution in [0.2, 0.25) is 0 Å². The Labute approximate surface area is 109 Å². The van der Waals surface area contributed by atoms with Crippen molar-refractivity contribution in [1.82, 2.24) is 14.9 Å². The molecule has 5 heteroatoms. The monoisotopic (exact) mass is 249 g/mol. The van der Waals surface area contributed by atoms with Gasteiger partial charge in [0.05, 0.1) is 0 Å². The number of aromatic nitrogens is 2. The van der Waals surface area contributed by atoms with Crippen LogP contribution in [0, 0.1) is 5.92 Å². The lowest BCUT2D eigenvalue weighted by molar-refractivity contribution is 0.345. The van der Waals surface area contributed by atoms with Crippen LogP contribution in [0.5, 0.6) is 0 Å². The maximum Gasteiger partial charge on any atom is 0.131 e. The summed E-state index contributed by atoms with van der Waals surface area (Å²) in [5, 5.41) is 6.60. The molecule has 0 radical (unpaired) electrons. The second kappa shape index (κ2) is 6.54. The molecule has 1 fully saturated rings. The van der Waals surface area contributed by atoms with Gasteiger partial charge in [0, 0.05) is 25.7 Å². The van der Waals surface area contributed by atoms with E-state index in [1.807, 2.05) is 6.07 Å². The van der Waals surface area contributed by atoms with Crippen LogP contribution >= 0.6 is 0 Å². The van der Waals surface area contributed by atoms with Gasteiger partial charge in [-0.25, -0.2) is 9.97 Å². The maximum absolute atomic E-state index is 4.25. The molecule has 0 spiro atoms. The number of anilines is 2. The van der Waals surface area contributed by atoms with Crippen LogP contribution in [-0.2, 0) is 0 Å². The smallest absolute Gasteiger partial charge is 0.131 e. The molecular weight excluding hydrogens is 226 g/mol. The molecule has 1 unspecified atom stereocenters. The van der Waals surface area contributed by atoms with E-state index in [1.165, 1.54) is 19.5 Å². The Morgan fingerprint density at radius 1 is 1.28 bits per heavy atom. The average Bonchev–Trinajstić information content (AvgIpc) is 2.85. The van der Waals surface area contributed by atoms with Crippen LogP contribution in [0.3, 0.4) is 0 Å². The maximum atomic E-state index is 4.25. The quantitative estimate of drug-likeness (QED) is 0.803. The normalized spacial score (nSPS) is 20.0.